The minimum atomic E-state index is -0.440. The minimum absolute atomic E-state index is 0.0775. The highest BCUT2D eigenvalue weighted by atomic mass is 35.5. The van der Waals surface area contributed by atoms with Crippen molar-refractivity contribution in [3.8, 4) is 0 Å². The highest BCUT2D eigenvalue weighted by molar-refractivity contribution is 6.42. The third kappa shape index (κ3) is 2.74. The Kier molecular flexibility index (Phi) is 3.73. The monoisotopic (exact) mass is 283 g/mol. The van der Waals surface area contributed by atoms with E-state index < -0.39 is 5.97 Å². The fourth-order valence-electron chi connectivity index (χ4n) is 1.43. The van der Waals surface area contributed by atoms with Gasteiger partial charge in [0.15, 0.2) is 5.70 Å². The molecule has 2 rings (SSSR count). The van der Waals surface area contributed by atoms with Gasteiger partial charge in [-0.15, -0.1) is 0 Å². The Balaban J connectivity index is 2.33. The van der Waals surface area contributed by atoms with E-state index in [4.69, 9.17) is 27.9 Å². The molecule has 18 heavy (non-hydrogen) atoms. The molecule has 3 nitrogen and oxygen atoms in total. The number of carbonyl (C=O) groups is 1. The summed E-state index contributed by atoms with van der Waals surface area (Å²) in [5.74, 6) is 0.0738. The maximum Gasteiger partial charge on any atom is 0.363 e. The predicted octanol–water partition coefficient (Wildman–Crippen LogP) is 3.95. The topological polar surface area (TPSA) is 38.7 Å². The van der Waals surface area contributed by atoms with Crippen molar-refractivity contribution in [3.63, 3.8) is 0 Å². The molecular formula is C13H11Cl2NO2. The zero-order valence-electron chi connectivity index (χ0n) is 9.91. The predicted molar refractivity (Wildman–Crippen MR) is 72.8 cm³/mol. The number of nitrogens with zero attached hydrogens (tertiary/aromatic N) is 1. The molecule has 0 unspecified atom stereocenters. The largest absolute Gasteiger partial charge is 0.407 e. The third-order valence-corrected chi connectivity index (χ3v) is 3.12. The van der Waals surface area contributed by atoms with Crippen molar-refractivity contribution in [1.82, 2.24) is 0 Å². The van der Waals surface area contributed by atoms with Crippen LogP contribution in [0.3, 0.4) is 0 Å². The molecule has 0 saturated carbocycles. The first-order chi connectivity index (χ1) is 8.47. The van der Waals surface area contributed by atoms with Crippen molar-refractivity contribution in [2.75, 3.05) is 0 Å². The molecule has 1 aliphatic heterocycles. The number of benzene rings is 1. The maximum absolute atomic E-state index is 11.6. The van der Waals surface area contributed by atoms with Gasteiger partial charge in [-0.25, -0.2) is 9.79 Å². The molecule has 0 aliphatic carbocycles. The first-order valence-corrected chi connectivity index (χ1v) is 6.20. The van der Waals surface area contributed by atoms with Gasteiger partial charge in [0, 0.05) is 5.92 Å². The number of carbonyl (C=O) groups excluding carboxylic acids is 1. The van der Waals surface area contributed by atoms with Crippen molar-refractivity contribution in [2.45, 2.75) is 13.8 Å². The second-order valence-electron chi connectivity index (χ2n) is 4.20. The van der Waals surface area contributed by atoms with Crippen LogP contribution in [0.1, 0.15) is 19.4 Å². The van der Waals surface area contributed by atoms with Crippen molar-refractivity contribution < 1.29 is 9.53 Å². The molecule has 1 heterocycles. The highest BCUT2D eigenvalue weighted by Gasteiger charge is 2.24. The number of esters is 1. The quantitative estimate of drug-likeness (QED) is 0.609. The fourth-order valence-corrected chi connectivity index (χ4v) is 1.74. The lowest BCUT2D eigenvalue weighted by Crippen LogP contribution is -2.09. The third-order valence-electron chi connectivity index (χ3n) is 2.38. The standard InChI is InChI=1S/C13H11Cl2NO2/c1-7(2)12-16-11(13(17)18-12)6-8-3-4-9(14)10(15)5-8/h3-7H,1-2H3/b11-6+. The summed E-state index contributed by atoms with van der Waals surface area (Å²) in [4.78, 5) is 15.7. The molecule has 0 aromatic heterocycles. The summed E-state index contributed by atoms with van der Waals surface area (Å²) in [5, 5.41) is 0.907. The van der Waals surface area contributed by atoms with Gasteiger partial charge in [-0.05, 0) is 23.8 Å². The number of hydrogen-bond donors (Lipinski definition) is 0. The van der Waals surface area contributed by atoms with E-state index in [1.165, 1.54) is 0 Å². The van der Waals surface area contributed by atoms with E-state index in [1.807, 2.05) is 13.8 Å². The molecule has 0 bridgehead atoms. The molecule has 1 aromatic rings. The van der Waals surface area contributed by atoms with Crippen LogP contribution in [0.2, 0.25) is 10.0 Å². The van der Waals surface area contributed by atoms with E-state index >= 15 is 0 Å². The summed E-state index contributed by atoms with van der Waals surface area (Å²) in [7, 11) is 0. The van der Waals surface area contributed by atoms with Gasteiger partial charge in [0.1, 0.15) is 0 Å². The normalized spacial score (nSPS) is 17.3. The number of rotatable bonds is 2. The molecular weight excluding hydrogens is 273 g/mol. The Hall–Kier alpha value is -1.32. The molecule has 0 radical (unpaired) electrons. The van der Waals surface area contributed by atoms with Crippen LogP contribution in [-0.4, -0.2) is 11.9 Å². The SMILES string of the molecule is CC(C)C1=N/C(=C/c2ccc(Cl)c(Cl)c2)C(=O)O1. The van der Waals surface area contributed by atoms with Crippen LogP contribution in [-0.2, 0) is 9.53 Å². The van der Waals surface area contributed by atoms with E-state index in [9.17, 15) is 4.79 Å². The molecule has 0 amide bonds. The van der Waals surface area contributed by atoms with Crippen LogP contribution < -0.4 is 0 Å². The van der Waals surface area contributed by atoms with Gasteiger partial charge >= 0.3 is 5.97 Å². The zero-order valence-corrected chi connectivity index (χ0v) is 11.4. The first-order valence-electron chi connectivity index (χ1n) is 5.45. The molecule has 5 heteroatoms. The van der Waals surface area contributed by atoms with Gasteiger partial charge in [-0.1, -0.05) is 43.1 Å². The fraction of sp³-hybridized carbons (Fsp3) is 0.231. The summed E-state index contributed by atoms with van der Waals surface area (Å²) >= 11 is 11.7. The molecule has 0 fully saturated rings. The number of halogens is 2. The van der Waals surface area contributed by atoms with Crippen LogP contribution in [0.5, 0.6) is 0 Å². The van der Waals surface area contributed by atoms with Crippen LogP contribution in [0, 0.1) is 5.92 Å². The molecule has 0 saturated heterocycles. The van der Waals surface area contributed by atoms with E-state index in [0.717, 1.165) is 5.56 Å². The van der Waals surface area contributed by atoms with E-state index in [0.29, 0.717) is 15.9 Å². The van der Waals surface area contributed by atoms with Gasteiger partial charge in [0.05, 0.1) is 10.0 Å². The Labute approximate surface area is 115 Å². The van der Waals surface area contributed by atoms with Crippen molar-refractivity contribution in [1.29, 1.82) is 0 Å². The van der Waals surface area contributed by atoms with Gasteiger partial charge < -0.3 is 4.74 Å². The Morgan fingerprint density at radius 3 is 2.56 bits per heavy atom. The van der Waals surface area contributed by atoms with Crippen LogP contribution >= 0.6 is 23.2 Å². The van der Waals surface area contributed by atoms with E-state index in [2.05, 4.69) is 4.99 Å². The second kappa shape index (κ2) is 5.12. The number of cyclic esters (lactones) is 1. The minimum Gasteiger partial charge on any atom is -0.407 e. The zero-order chi connectivity index (χ0) is 13.3. The molecule has 1 aliphatic rings. The smallest absolute Gasteiger partial charge is 0.363 e. The van der Waals surface area contributed by atoms with Gasteiger partial charge in [-0.2, -0.15) is 0 Å². The van der Waals surface area contributed by atoms with Gasteiger partial charge in [0.2, 0.25) is 5.90 Å². The van der Waals surface area contributed by atoms with E-state index in [1.54, 1.807) is 24.3 Å². The summed E-state index contributed by atoms with van der Waals surface area (Å²) in [5.41, 5.74) is 1.03. The number of ether oxygens (including phenoxy) is 1. The molecule has 0 spiro atoms. The summed E-state index contributed by atoms with van der Waals surface area (Å²) in [6, 6.07) is 5.11. The lowest BCUT2D eigenvalue weighted by Gasteiger charge is -1.99. The van der Waals surface area contributed by atoms with Crippen LogP contribution in [0.4, 0.5) is 0 Å². The van der Waals surface area contributed by atoms with Crippen LogP contribution in [0.25, 0.3) is 6.08 Å². The average molecular weight is 284 g/mol. The Morgan fingerprint density at radius 1 is 1.28 bits per heavy atom. The molecule has 94 valence electrons. The summed E-state index contributed by atoms with van der Waals surface area (Å²) < 4.78 is 5.05. The first kappa shape index (κ1) is 13.1. The molecule has 0 N–H and O–H groups in total. The lowest BCUT2D eigenvalue weighted by molar-refractivity contribution is -0.130. The molecule has 0 atom stereocenters. The summed E-state index contributed by atoms with van der Waals surface area (Å²) in [6.07, 6.45) is 1.62. The maximum atomic E-state index is 11.6. The number of hydrogen-bond acceptors (Lipinski definition) is 3. The number of aliphatic imine (C=N–C) groups is 1. The molecule has 1 aromatic carbocycles. The highest BCUT2D eigenvalue weighted by Crippen LogP contribution is 2.25. The van der Waals surface area contributed by atoms with Crippen molar-refractivity contribution >= 4 is 41.1 Å². The average Bonchev–Trinajstić information content (AvgIpc) is 2.66. The second-order valence-corrected chi connectivity index (χ2v) is 5.01. The lowest BCUT2D eigenvalue weighted by atomic mass is 10.2. The van der Waals surface area contributed by atoms with Gasteiger partial charge in [0.25, 0.3) is 0 Å². The van der Waals surface area contributed by atoms with Crippen LogP contribution in [0.15, 0.2) is 28.9 Å². The van der Waals surface area contributed by atoms with E-state index in [-0.39, 0.29) is 11.6 Å². The Morgan fingerprint density at radius 2 is 2.00 bits per heavy atom. The summed E-state index contributed by atoms with van der Waals surface area (Å²) in [6.45, 7) is 3.82. The Bertz CT molecular complexity index is 562. The van der Waals surface area contributed by atoms with Crippen molar-refractivity contribution in [3.05, 3.63) is 39.5 Å². The van der Waals surface area contributed by atoms with Crippen molar-refractivity contribution in [2.24, 2.45) is 10.9 Å². The van der Waals surface area contributed by atoms with Gasteiger partial charge in [-0.3, -0.25) is 0 Å².